The summed E-state index contributed by atoms with van der Waals surface area (Å²) in [6.45, 7) is 2.05. The van der Waals surface area contributed by atoms with Gasteiger partial charge in [0, 0.05) is 11.8 Å². The average molecular weight is 267 g/mol. The van der Waals surface area contributed by atoms with Gasteiger partial charge in [0.25, 0.3) is 5.91 Å². The van der Waals surface area contributed by atoms with Crippen molar-refractivity contribution < 1.29 is 19.4 Å². The number of hydrogen-bond acceptors (Lipinski definition) is 4. The van der Waals surface area contributed by atoms with Gasteiger partial charge in [0.05, 0.1) is 0 Å². The van der Waals surface area contributed by atoms with Crippen LogP contribution in [0.1, 0.15) is 31.9 Å². The van der Waals surface area contributed by atoms with Crippen LogP contribution in [0.3, 0.4) is 0 Å². The van der Waals surface area contributed by atoms with Crippen LogP contribution in [0.25, 0.3) is 0 Å². The maximum absolute atomic E-state index is 11.9. The van der Waals surface area contributed by atoms with Gasteiger partial charge in [-0.3, -0.25) is 9.89 Å². The number of aryl methyl sites for hydroxylation is 1. The number of amides is 1. The molecule has 2 atom stereocenters. The van der Waals surface area contributed by atoms with E-state index < -0.39 is 18.2 Å². The fourth-order valence-electron chi connectivity index (χ4n) is 2.04. The Kier molecular flexibility index (Phi) is 4.16. The number of rotatable bonds is 5. The highest BCUT2D eigenvalue weighted by molar-refractivity contribution is 5.94. The van der Waals surface area contributed by atoms with Gasteiger partial charge < -0.3 is 15.2 Å². The zero-order valence-electron chi connectivity index (χ0n) is 10.7. The number of carbonyl (C=O) groups is 2. The van der Waals surface area contributed by atoms with E-state index in [1.54, 1.807) is 6.07 Å². The van der Waals surface area contributed by atoms with Crippen LogP contribution in [0, 0.1) is 0 Å². The number of H-pyrrole nitrogens is 1. The number of anilines is 1. The molecule has 0 bridgehead atoms. The first-order valence-corrected chi connectivity index (χ1v) is 6.33. The molecule has 0 aliphatic carbocycles. The number of nitrogens with one attached hydrogen (secondary N) is 2. The number of hydrogen-bond donors (Lipinski definition) is 3. The van der Waals surface area contributed by atoms with Gasteiger partial charge in [-0.25, -0.2) is 4.79 Å². The van der Waals surface area contributed by atoms with Gasteiger partial charge in [-0.2, -0.15) is 5.10 Å². The number of ether oxygens (including phenoxy) is 1. The molecule has 19 heavy (non-hydrogen) atoms. The van der Waals surface area contributed by atoms with E-state index in [-0.39, 0.29) is 5.91 Å². The fourth-order valence-corrected chi connectivity index (χ4v) is 2.04. The molecule has 0 saturated carbocycles. The third-order valence-electron chi connectivity index (χ3n) is 2.99. The molecule has 2 unspecified atom stereocenters. The summed E-state index contributed by atoms with van der Waals surface area (Å²) in [5.74, 6) is -0.936. The molecule has 104 valence electrons. The third kappa shape index (κ3) is 3.31. The Balaban J connectivity index is 1.88. The van der Waals surface area contributed by atoms with E-state index in [4.69, 9.17) is 9.84 Å². The van der Waals surface area contributed by atoms with Crippen molar-refractivity contribution in [1.29, 1.82) is 0 Å². The van der Waals surface area contributed by atoms with Crippen LogP contribution in [-0.2, 0) is 20.7 Å². The summed E-state index contributed by atoms with van der Waals surface area (Å²) >= 11 is 0. The summed E-state index contributed by atoms with van der Waals surface area (Å²) in [5, 5.41) is 18.2. The van der Waals surface area contributed by atoms with Crippen LogP contribution < -0.4 is 5.32 Å². The maximum atomic E-state index is 11.9. The summed E-state index contributed by atoms with van der Waals surface area (Å²) in [6.07, 6.45) is 1.02. The van der Waals surface area contributed by atoms with E-state index in [0.717, 1.165) is 18.5 Å². The lowest BCUT2D eigenvalue weighted by atomic mass is 10.2. The molecular formula is C12H17N3O4. The zero-order valence-corrected chi connectivity index (χ0v) is 10.7. The minimum atomic E-state index is -1.03. The standard InChI is InChI=1S/C12H17N3O4/c1-2-3-7-6-10(15-14-7)13-11(16)8-4-5-9(19-8)12(17)18/h6,8-9H,2-5H2,1H3,(H,17,18)(H2,13,14,15,16). The van der Waals surface area contributed by atoms with E-state index in [1.807, 2.05) is 0 Å². The molecule has 1 aliphatic rings. The lowest BCUT2D eigenvalue weighted by molar-refractivity contribution is -0.150. The van der Waals surface area contributed by atoms with Crippen molar-refractivity contribution in [3.05, 3.63) is 11.8 Å². The van der Waals surface area contributed by atoms with Crippen LogP contribution in [-0.4, -0.2) is 39.4 Å². The van der Waals surface area contributed by atoms with Crippen molar-refractivity contribution in [3.8, 4) is 0 Å². The molecule has 0 spiro atoms. The van der Waals surface area contributed by atoms with E-state index in [1.165, 1.54) is 0 Å². The number of aromatic amines is 1. The van der Waals surface area contributed by atoms with Gasteiger partial charge in [-0.1, -0.05) is 13.3 Å². The van der Waals surface area contributed by atoms with Crippen LogP contribution >= 0.6 is 0 Å². The Bertz CT molecular complexity index is 471. The first-order chi connectivity index (χ1) is 9.10. The van der Waals surface area contributed by atoms with E-state index in [2.05, 4.69) is 22.4 Å². The van der Waals surface area contributed by atoms with Crippen molar-refractivity contribution in [1.82, 2.24) is 10.2 Å². The van der Waals surface area contributed by atoms with Crippen LogP contribution in [0.4, 0.5) is 5.82 Å². The molecule has 2 rings (SSSR count). The minimum absolute atomic E-state index is 0.349. The smallest absolute Gasteiger partial charge is 0.332 e. The number of nitrogens with zero attached hydrogens (tertiary/aromatic N) is 1. The molecule has 0 radical (unpaired) electrons. The second-order valence-electron chi connectivity index (χ2n) is 4.55. The molecule has 1 amide bonds. The van der Waals surface area contributed by atoms with Gasteiger partial charge >= 0.3 is 5.97 Å². The quantitative estimate of drug-likeness (QED) is 0.736. The third-order valence-corrected chi connectivity index (χ3v) is 2.99. The largest absolute Gasteiger partial charge is 0.479 e. The fraction of sp³-hybridized carbons (Fsp3) is 0.583. The highest BCUT2D eigenvalue weighted by Crippen LogP contribution is 2.21. The molecule has 7 nitrogen and oxygen atoms in total. The molecule has 3 N–H and O–H groups in total. The average Bonchev–Trinajstić information content (AvgIpc) is 2.98. The van der Waals surface area contributed by atoms with Crippen LogP contribution in [0.5, 0.6) is 0 Å². The second-order valence-corrected chi connectivity index (χ2v) is 4.55. The molecule has 1 aliphatic heterocycles. The van der Waals surface area contributed by atoms with E-state index in [9.17, 15) is 9.59 Å². The van der Waals surface area contributed by atoms with E-state index in [0.29, 0.717) is 18.7 Å². The second kappa shape index (κ2) is 5.83. The number of aromatic nitrogens is 2. The number of carboxylic acids is 1. The number of carboxylic acid groups (broad SMARTS) is 1. The van der Waals surface area contributed by atoms with Crippen molar-refractivity contribution >= 4 is 17.7 Å². The SMILES string of the molecule is CCCc1cc(NC(=O)C2CCC(C(=O)O)O2)n[nH]1. The molecule has 1 fully saturated rings. The van der Waals surface area contributed by atoms with Crippen molar-refractivity contribution in [2.75, 3.05) is 5.32 Å². The minimum Gasteiger partial charge on any atom is -0.479 e. The predicted octanol–water partition coefficient (Wildman–Crippen LogP) is 0.933. The van der Waals surface area contributed by atoms with Gasteiger partial charge in [-0.05, 0) is 19.3 Å². The van der Waals surface area contributed by atoms with Gasteiger partial charge in [0.1, 0.15) is 6.10 Å². The Morgan fingerprint density at radius 2 is 2.26 bits per heavy atom. The van der Waals surface area contributed by atoms with Crippen LogP contribution in [0.15, 0.2) is 6.07 Å². The number of aliphatic carboxylic acids is 1. The van der Waals surface area contributed by atoms with Crippen molar-refractivity contribution in [3.63, 3.8) is 0 Å². The summed E-state index contributed by atoms with van der Waals surface area (Å²) < 4.78 is 5.16. The summed E-state index contributed by atoms with van der Waals surface area (Å²) in [5.41, 5.74) is 0.952. The monoisotopic (exact) mass is 267 g/mol. The molecule has 1 aromatic rings. The number of carbonyl (C=O) groups excluding carboxylic acids is 1. The molecule has 1 saturated heterocycles. The molecule has 7 heteroatoms. The van der Waals surface area contributed by atoms with Crippen LogP contribution in [0.2, 0.25) is 0 Å². The Labute approximate surface area is 110 Å². The lowest BCUT2D eigenvalue weighted by Gasteiger charge is -2.09. The molecule has 2 heterocycles. The first-order valence-electron chi connectivity index (χ1n) is 6.33. The van der Waals surface area contributed by atoms with Gasteiger partial charge in [0.15, 0.2) is 11.9 Å². The van der Waals surface area contributed by atoms with Gasteiger partial charge in [-0.15, -0.1) is 0 Å². The molecule has 1 aromatic heterocycles. The summed E-state index contributed by atoms with van der Waals surface area (Å²) in [4.78, 5) is 22.6. The normalized spacial score (nSPS) is 22.4. The Hall–Kier alpha value is -1.89. The zero-order chi connectivity index (χ0) is 13.8. The highest BCUT2D eigenvalue weighted by atomic mass is 16.5. The Morgan fingerprint density at radius 3 is 2.89 bits per heavy atom. The molecular weight excluding hydrogens is 250 g/mol. The molecule has 0 aromatic carbocycles. The van der Waals surface area contributed by atoms with E-state index >= 15 is 0 Å². The summed E-state index contributed by atoms with van der Waals surface area (Å²) in [7, 11) is 0. The maximum Gasteiger partial charge on any atom is 0.332 e. The Morgan fingerprint density at radius 1 is 1.53 bits per heavy atom. The first kappa shape index (κ1) is 13.5. The van der Waals surface area contributed by atoms with Crippen molar-refractivity contribution in [2.45, 2.75) is 44.8 Å². The topological polar surface area (TPSA) is 104 Å². The van der Waals surface area contributed by atoms with Crippen molar-refractivity contribution in [2.24, 2.45) is 0 Å². The summed E-state index contributed by atoms with van der Waals surface area (Å²) in [6, 6.07) is 1.77. The highest BCUT2D eigenvalue weighted by Gasteiger charge is 2.34. The lowest BCUT2D eigenvalue weighted by Crippen LogP contribution is -2.30. The predicted molar refractivity (Wildman–Crippen MR) is 66.7 cm³/mol. The van der Waals surface area contributed by atoms with Gasteiger partial charge in [0.2, 0.25) is 0 Å².